The molecule has 28 heavy (non-hydrogen) atoms. The standard InChI is InChI=1S/C21H20N4O2S/c1-13-5-7-16(14(2)9-13)24-25-17(11-22)21-23-18(12-28-21)15-6-8-19(26-3)20(10-15)27-4/h5-10,12,24H,1-4H3. The van der Waals surface area contributed by atoms with Crippen LogP contribution in [0.25, 0.3) is 11.3 Å². The molecular formula is C21H20N4O2S. The van der Waals surface area contributed by atoms with Gasteiger partial charge in [0, 0.05) is 10.9 Å². The normalized spacial score (nSPS) is 11.0. The third-order valence-electron chi connectivity index (χ3n) is 4.16. The molecule has 0 amide bonds. The SMILES string of the molecule is COc1ccc(-c2csc(C(C#N)=NNc3ccc(C)cc3C)n2)cc1OC. The summed E-state index contributed by atoms with van der Waals surface area (Å²) in [6.45, 7) is 4.03. The topological polar surface area (TPSA) is 79.5 Å². The van der Waals surface area contributed by atoms with Crippen molar-refractivity contribution in [3.8, 4) is 28.8 Å². The van der Waals surface area contributed by atoms with Gasteiger partial charge in [-0.3, -0.25) is 5.43 Å². The zero-order valence-electron chi connectivity index (χ0n) is 16.1. The van der Waals surface area contributed by atoms with Crippen LogP contribution in [0.3, 0.4) is 0 Å². The number of nitrogens with one attached hydrogen (secondary N) is 1. The lowest BCUT2D eigenvalue weighted by atomic mass is 10.1. The Morgan fingerprint density at radius 2 is 1.89 bits per heavy atom. The molecular weight excluding hydrogens is 372 g/mol. The number of ether oxygens (including phenoxy) is 2. The molecule has 0 radical (unpaired) electrons. The highest BCUT2D eigenvalue weighted by atomic mass is 32.1. The second-order valence-electron chi connectivity index (χ2n) is 6.11. The average molecular weight is 392 g/mol. The van der Waals surface area contributed by atoms with Gasteiger partial charge in [0.25, 0.3) is 0 Å². The van der Waals surface area contributed by atoms with E-state index in [0.29, 0.717) is 16.5 Å². The third kappa shape index (κ3) is 4.13. The first-order valence-electron chi connectivity index (χ1n) is 8.55. The minimum atomic E-state index is 0.233. The minimum Gasteiger partial charge on any atom is -0.493 e. The molecule has 0 aliphatic rings. The van der Waals surface area contributed by atoms with Crippen LogP contribution in [0.2, 0.25) is 0 Å². The molecule has 142 valence electrons. The fourth-order valence-electron chi connectivity index (χ4n) is 2.69. The Morgan fingerprint density at radius 1 is 1.11 bits per heavy atom. The Balaban J connectivity index is 1.86. The van der Waals surface area contributed by atoms with Crippen molar-refractivity contribution in [2.24, 2.45) is 5.10 Å². The van der Waals surface area contributed by atoms with Crippen LogP contribution in [0.1, 0.15) is 16.1 Å². The highest BCUT2D eigenvalue weighted by molar-refractivity contribution is 7.12. The summed E-state index contributed by atoms with van der Waals surface area (Å²) in [4.78, 5) is 4.56. The Morgan fingerprint density at radius 3 is 2.57 bits per heavy atom. The van der Waals surface area contributed by atoms with Crippen molar-refractivity contribution in [1.29, 1.82) is 5.26 Å². The second kappa shape index (κ2) is 8.55. The number of hydrazone groups is 1. The van der Waals surface area contributed by atoms with Gasteiger partial charge < -0.3 is 9.47 Å². The zero-order valence-corrected chi connectivity index (χ0v) is 16.9. The molecule has 3 aromatic rings. The van der Waals surface area contributed by atoms with E-state index in [1.165, 1.54) is 16.9 Å². The number of aromatic nitrogens is 1. The van der Waals surface area contributed by atoms with Crippen LogP contribution >= 0.6 is 11.3 Å². The summed E-state index contributed by atoms with van der Waals surface area (Å²) in [5.74, 6) is 1.28. The van der Waals surface area contributed by atoms with Gasteiger partial charge in [-0.05, 0) is 43.7 Å². The van der Waals surface area contributed by atoms with Crippen LogP contribution in [-0.4, -0.2) is 24.9 Å². The van der Waals surface area contributed by atoms with Crippen LogP contribution in [-0.2, 0) is 0 Å². The zero-order chi connectivity index (χ0) is 20.1. The Bertz CT molecular complexity index is 1070. The maximum atomic E-state index is 9.51. The third-order valence-corrected chi connectivity index (χ3v) is 5.01. The molecule has 7 heteroatoms. The highest BCUT2D eigenvalue weighted by Gasteiger charge is 2.13. The lowest BCUT2D eigenvalue weighted by molar-refractivity contribution is 0.355. The van der Waals surface area contributed by atoms with Gasteiger partial charge in [-0.15, -0.1) is 11.3 Å². The summed E-state index contributed by atoms with van der Waals surface area (Å²) in [7, 11) is 3.18. The van der Waals surface area contributed by atoms with Crippen LogP contribution in [0.4, 0.5) is 5.69 Å². The molecule has 0 bridgehead atoms. The van der Waals surface area contributed by atoms with Crippen molar-refractivity contribution < 1.29 is 9.47 Å². The van der Waals surface area contributed by atoms with Gasteiger partial charge in [-0.25, -0.2) is 4.98 Å². The first-order valence-corrected chi connectivity index (χ1v) is 9.43. The molecule has 2 aromatic carbocycles. The summed E-state index contributed by atoms with van der Waals surface area (Å²) in [6.07, 6.45) is 0. The quantitative estimate of drug-likeness (QED) is 0.482. The fraction of sp³-hybridized carbons (Fsp3) is 0.190. The molecule has 0 spiro atoms. The van der Waals surface area contributed by atoms with Crippen LogP contribution in [0, 0.1) is 25.2 Å². The summed E-state index contributed by atoms with van der Waals surface area (Å²) < 4.78 is 10.6. The van der Waals surface area contributed by atoms with Crippen LogP contribution in [0.5, 0.6) is 11.5 Å². The van der Waals surface area contributed by atoms with Gasteiger partial charge in [0.05, 0.1) is 25.6 Å². The van der Waals surface area contributed by atoms with Crippen molar-refractivity contribution in [2.45, 2.75) is 13.8 Å². The summed E-state index contributed by atoms with van der Waals surface area (Å²) >= 11 is 1.37. The maximum Gasteiger partial charge on any atom is 0.196 e. The number of thiazole rings is 1. The van der Waals surface area contributed by atoms with Gasteiger partial charge in [-0.2, -0.15) is 10.4 Å². The molecule has 0 saturated carbocycles. The molecule has 1 N–H and O–H groups in total. The smallest absolute Gasteiger partial charge is 0.196 e. The predicted molar refractivity (Wildman–Crippen MR) is 112 cm³/mol. The molecule has 0 fully saturated rings. The van der Waals surface area contributed by atoms with Crippen LogP contribution < -0.4 is 14.9 Å². The summed E-state index contributed by atoms with van der Waals surface area (Å²) in [5, 5.41) is 16.2. The summed E-state index contributed by atoms with van der Waals surface area (Å²) in [5.41, 5.74) is 7.91. The van der Waals surface area contributed by atoms with Crippen molar-refractivity contribution in [1.82, 2.24) is 4.98 Å². The van der Waals surface area contributed by atoms with E-state index >= 15 is 0 Å². The Hall–Kier alpha value is -3.37. The number of rotatable bonds is 6. The van der Waals surface area contributed by atoms with E-state index in [-0.39, 0.29) is 5.71 Å². The van der Waals surface area contributed by atoms with Gasteiger partial charge in [-0.1, -0.05) is 17.7 Å². The number of anilines is 1. The van der Waals surface area contributed by atoms with E-state index in [2.05, 4.69) is 27.6 Å². The molecule has 1 heterocycles. The fourth-order valence-corrected chi connectivity index (χ4v) is 3.45. The number of hydrogen-bond donors (Lipinski definition) is 1. The van der Waals surface area contributed by atoms with Gasteiger partial charge in [0.15, 0.2) is 22.2 Å². The molecule has 0 unspecified atom stereocenters. The monoisotopic (exact) mass is 392 g/mol. The van der Waals surface area contributed by atoms with E-state index in [1.807, 2.05) is 49.6 Å². The second-order valence-corrected chi connectivity index (χ2v) is 6.97. The van der Waals surface area contributed by atoms with E-state index in [1.54, 1.807) is 14.2 Å². The molecule has 3 rings (SSSR count). The molecule has 0 atom stereocenters. The minimum absolute atomic E-state index is 0.233. The number of methoxy groups -OCH3 is 2. The van der Waals surface area contributed by atoms with Crippen LogP contribution in [0.15, 0.2) is 46.9 Å². The van der Waals surface area contributed by atoms with E-state index < -0.39 is 0 Å². The Labute approximate surface area is 168 Å². The summed E-state index contributed by atoms with van der Waals surface area (Å²) in [6, 6.07) is 13.7. The molecule has 1 aromatic heterocycles. The molecule has 0 aliphatic carbocycles. The molecule has 0 aliphatic heterocycles. The average Bonchev–Trinajstić information content (AvgIpc) is 3.19. The highest BCUT2D eigenvalue weighted by Crippen LogP contribution is 2.32. The van der Waals surface area contributed by atoms with Gasteiger partial charge in [0.1, 0.15) is 6.07 Å². The number of benzene rings is 2. The van der Waals surface area contributed by atoms with E-state index in [0.717, 1.165) is 22.5 Å². The lowest BCUT2D eigenvalue weighted by Gasteiger charge is -2.08. The first kappa shape index (κ1) is 19.4. The van der Waals surface area contributed by atoms with E-state index in [9.17, 15) is 5.26 Å². The Kier molecular flexibility index (Phi) is 5.92. The van der Waals surface area contributed by atoms with Crippen molar-refractivity contribution in [3.05, 3.63) is 57.9 Å². The van der Waals surface area contributed by atoms with Crippen molar-refractivity contribution in [3.63, 3.8) is 0 Å². The van der Waals surface area contributed by atoms with Gasteiger partial charge in [0.2, 0.25) is 0 Å². The van der Waals surface area contributed by atoms with Crippen molar-refractivity contribution >= 4 is 22.7 Å². The first-order chi connectivity index (χ1) is 13.5. The van der Waals surface area contributed by atoms with Gasteiger partial charge >= 0.3 is 0 Å². The number of nitriles is 1. The number of hydrogen-bond acceptors (Lipinski definition) is 7. The predicted octanol–water partition coefficient (Wildman–Crippen LogP) is 4.78. The van der Waals surface area contributed by atoms with E-state index in [4.69, 9.17) is 9.47 Å². The molecule has 0 saturated heterocycles. The number of nitrogens with zero attached hydrogens (tertiary/aromatic N) is 3. The maximum absolute atomic E-state index is 9.51. The number of aryl methyl sites for hydroxylation is 2. The molecule has 6 nitrogen and oxygen atoms in total. The van der Waals surface area contributed by atoms with Crippen molar-refractivity contribution in [2.75, 3.05) is 19.6 Å². The largest absolute Gasteiger partial charge is 0.493 e. The lowest BCUT2D eigenvalue weighted by Crippen LogP contribution is -2.02.